The first-order chi connectivity index (χ1) is 7.11. The zero-order valence-electron chi connectivity index (χ0n) is 9.12. The van der Waals surface area contributed by atoms with E-state index in [1.165, 1.54) is 0 Å². The minimum Gasteiger partial charge on any atom is -0.444 e. The number of aryl methyl sites for hydroxylation is 1. The Kier molecular flexibility index (Phi) is 4.30. The van der Waals surface area contributed by atoms with Crippen LogP contribution in [0.15, 0.2) is 10.6 Å². The van der Waals surface area contributed by atoms with Gasteiger partial charge in [0.2, 0.25) is 11.8 Å². The monoisotopic (exact) mass is 211 g/mol. The summed E-state index contributed by atoms with van der Waals surface area (Å²) >= 11 is 0. The maximum absolute atomic E-state index is 11.2. The molecule has 0 aliphatic heterocycles. The number of carbonyl (C=O) groups excluding carboxylic acids is 1. The van der Waals surface area contributed by atoms with Crippen molar-refractivity contribution in [2.45, 2.75) is 39.3 Å². The summed E-state index contributed by atoms with van der Waals surface area (Å²) in [7, 11) is 0. The first-order valence-electron chi connectivity index (χ1n) is 5.07. The zero-order valence-corrected chi connectivity index (χ0v) is 9.12. The maximum atomic E-state index is 11.2. The van der Waals surface area contributed by atoms with E-state index >= 15 is 0 Å². The molecule has 0 bridgehead atoms. The van der Waals surface area contributed by atoms with Crippen molar-refractivity contribution in [3.63, 3.8) is 0 Å². The molecule has 1 rings (SSSR count). The normalized spacial score (nSPS) is 12.5. The van der Waals surface area contributed by atoms with E-state index in [1.54, 1.807) is 13.1 Å². The Morgan fingerprint density at radius 2 is 2.47 bits per heavy atom. The lowest BCUT2D eigenvalue weighted by Gasteiger charge is -2.04. The summed E-state index contributed by atoms with van der Waals surface area (Å²) in [6, 6.07) is -0.124. The van der Waals surface area contributed by atoms with Crippen LogP contribution in [-0.4, -0.2) is 16.9 Å². The van der Waals surface area contributed by atoms with E-state index in [1.807, 2.05) is 6.92 Å². The molecule has 0 spiro atoms. The Morgan fingerprint density at radius 3 is 3.00 bits per heavy atom. The smallest absolute Gasteiger partial charge is 0.221 e. The molecule has 1 aromatic rings. The SMILES string of the molecule is CCc1cnc(CNC(=O)CC(C)N)o1. The van der Waals surface area contributed by atoms with Crippen LogP contribution in [0.3, 0.4) is 0 Å². The standard InChI is InChI=1S/C10H17N3O2/c1-3-8-5-13-10(15-8)6-12-9(14)4-7(2)11/h5,7H,3-4,6,11H2,1-2H3,(H,12,14). The molecule has 5 heteroatoms. The van der Waals surface area contributed by atoms with Gasteiger partial charge in [0.25, 0.3) is 0 Å². The van der Waals surface area contributed by atoms with Crippen molar-refractivity contribution in [1.82, 2.24) is 10.3 Å². The zero-order chi connectivity index (χ0) is 11.3. The predicted molar refractivity (Wildman–Crippen MR) is 56.0 cm³/mol. The van der Waals surface area contributed by atoms with Gasteiger partial charge in [-0.25, -0.2) is 4.98 Å². The average Bonchev–Trinajstić information content (AvgIpc) is 2.61. The molecule has 0 aliphatic carbocycles. The molecule has 1 amide bonds. The molecule has 0 fully saturated rings. The van der Waals surface area contributed by atoms with E-state index < -0.39 is 0 Å². The third-order valence-corrected chi connectivity index (χ3v) is 1.89. The molecule has 1 unspecified atom stereocenters. The maximum Gasteiger partial charge on any atom is 0.221 e. The van der Waals surface area contributed by atoms with Crippen LogP contribution in [0.2, 0.25) is 0 Å². The fraction of sp³-hybridized carbons (Fsp3) is 0.600. The number of hydrogen-bond donors (Lipinski definition) is 2. The van der Waals surface area contributed by atoms with E-state index in [2.05, 4.69) is 10.3 Å². The lowest BCUT2D eigenvalue weighted by Crippen LogP contribution is -2.29. The third kappa shape index (κ3) is 4.12. The van der Waals surface area contributed by atoms with Crippen LogP contribution in [0.1, 0.15) is 31.9 Å². The van der Waals surface area contributed by atoms with Gasteiger partial charge in [-0.15, -0.1) is 0 Å². The average molecular weight is 211 g/mol. The van der Waals surface area contributed by atoms with Gasteiger partial charge in [0.05, 0.1) is 12.7 Å². The van der Waals surface area contributed by atoms with Crippen LogP contribution < -0.4 is 11.1 Å². The number of oxazole rings is 1. The first kappa shape index (κ1) is 11.7. The van der Waals surface area contributed by atoms with Gasteiger partial charge in [-0.05, 0) is 6.92 Å². The predicted octanol–water partition coefficient (Wildman–Crippen LogP) is 0.590. The molecule has 15 heavy (non-hydrogen) atoms. The summed E-state index contributed by atoms with van der Waals surface area (Å²) in [6.07, 6.45) is 2.80. The van der Waals surface area contributed by atoms with Gasteiger partial charge in [0.1, 0.15) is 5.76 Å². The topological polar surface area (TPSA) is 81.2 Å². The highest BCUT2D eigenvalue weighted by atomic mass is 16.4. The number of rotatable bonds is 5. The number of aromatic nitrogens is 1. The summed E-state index contributed by atoms with van der Waals surface area (Å²) in [6.45, 7) is 4.10. The second kappa shape index (κ2) is 5.50. The van der Waals surface area contributed by atoms with Crippen molar-refractivity contribution in [3.05, 3.63) is 17.8 Å². The van der Waals surface area contributed by atoms with Crippen molar-refractivity contribution in [2.75, 3.05) is 0 Å². The van der Waals surface area contributed by atoms with Crippen LogP contribution >= 0.6 is 0 Å². The van der Waals surface area contributed by atoms with Crippen LogP contribution in [0.25, 0.3) is 0 Å². The van der Waals surface area contributed by atoms with Crippen molar-refractivity contribution >= 4 is 5.91 Å². The van der Waals surface area contributed by atoms with Crippen molar-refractivity contribution in [3.8, 4) is 0 Å². The van der Waals surface area contributed by atoms with Crippen LogP contribution in [0, 0.1) is 0 Å². The van der Waals surface area contributed by atoms with Gasteiger partial charge in [0.15, 0.2) is 0 Å². The van der Waals surface area contributed by atoms with E-state index in [4.69, 9.17) is 10.2 Å². The van der Waals surface area contributed by atoms with Crippen molar-refractivity contribution in [2.24, 2.45) is 5.73 Å². The molecule has 1 aromatic heterocycles. The van der Waals surface area contributed by atoms with Gasteiger partial charge in [-0.3, -0.25) is 4.79 Å². The number of hydrogen-bond acceptors (Lipinski definition) is 4. The summed E-state index contributed by atoms with van der Waals surface area (Å²) in [5.74, 6) is 1.28. The molecule has 0 radical (unpaired) electrons. The molecular formula is C10H17N3O2. The summed E-state index contributed by atoms with van der Waals surface area (Å²) < 4.78 is 5.33. The van der Waals surface area contributed by atoms with Gasteiger partial charge >= 0.3 is 0 Å². The summed E-state index contributed by atoms with van der Waals surface area (Å²) in [5.41, 5.74) is 5.49. The van der Waals surface area contributed by atoms with Crippen LogP contribution in [-0.2, 0) is 17.8 Å². The molecule has 5 nitrogen and oxygen atoms in total. The van der Waals surface area contributed by atoms with Crippen molar-refractivity contribution in [1.29, 1.82) is 0 Å². The lowest BCUT2D eigenvalue weighted by molar-refractivity contribution is -0.121. The van der Waals surface area contributed by atoms with E-state index in [-0.39, 0.29) is 11.9 Å². The molecule has 1 heterocycles. The lowest BCUT2D eigenvalue weighted by atomic mass is 10.2. The third-order valence-electron chi connectivity index (χ3n) is 1.89. The molecule has 0 saturated carbocycles. The number of nitrogens with one attached hydrogen (secondary N) is 1. The van der Waals surface area contributed by atoms with Gasteiger partial charge in [0, 0.05) is 18.9 Å². The second-order valence-corrected chi connectivity index (χ2v) is 3.53. The highest BCUT2D eigenvalue weighted by Gasteiger charge is 2.07. The number of nitrogens with two attached hydrogens (primary N) is 1. The Morgan fingerprint density at radius 1 is 1.73 bits per heavy atom. The molecule has 0 aromatic carbocycles. The Labute approximate surface area is 89.1 Å². The molecule has 3 N–H and O–H groups in total. The fourth-order valence-corrected chi connectivity index (χ4v) is 1.13. The summed E-state index contributed by atoms with van der Waals surface area (Å²) in [5, 5.41) is 2.69. The Hall–Kier alpha value is -1.36. The molecular weight excluding hydrogens is 194 g/mol. The van der Waals surface area contributed by atoms with Crippen LogP contribution in [0.4, 0.5) is 0 Å². The largest absolute Gasteiger partial charge is 0.444 e. The number of nitrogens with zero attached hydrogens (tertiary/aromatic N) is 1. The number of amides is 1. The molecule has 1 atom stereocenters. The van der Waals surface area contributed by atoms with E-state index in [0.717, 1.165) is 12.2 Å². The molecule has 0 saturated heterocycles. The highest BCUT2D eigenvalue weighted by Crippen LogP contribution is 2.03. The Bertz CT molecular complexity index is 320. The van der Waals surface area contributed by atoms with Gasteiger partial charge in [-0.1, -0.05) is 6.92 Å². The quantitative estimate of drug-likeness (QED) is 0.747. The first-order valence-corrected chi connectivity index (χ1v) is 5.07. The summed E-state index contributed by atoms with van der Waals surface area (Å²) in [4.78, 5) is 15.3. The van der Waals surface area contributed by atoms with Crippen LogP contribution in [0.5, 0.6) is 0 Å². The highest BCUT2D eigenvalue weighted by molar-refractivity contribution is 5.76. The number of carbonyl (C=O) groups is 1. The van der Waals surface area contributed by atoms with Gasteiger partial charge < -0.3 is 15.5 Å². The fourth-order valence-electron chi connectivity index (χ4n) is 1.13. The van der Waals surface area contributed by atoms with Gasteiger partial charge in [-0.2, -0.15) is 0 Å². The minimum absolute atomic E-state index is 0.0822. The van der Waals surface area contributed by atoms with E-state index in [0.29, 0.717) is 18.9 Å². The van der Waals surface area contributed by atoms with E-state index in [9.17, 15) is 4.79 Å². The molecule has 0 aliphatic rings. The second-order valence-electron chi connectivity index (χ2n) is 3.53. The minimum atomic E-state index is -0.124. The Balaban J connectivity index is 2.33. The molecule has 84 valence electrons. The van der Waals surface area contributed by atoms with Crippen molar-refractivity contribution < 1.29 is 9.21 Å².